The van der Waals surface area contributed by atoms with E-state index >= 15 is 0 Å². The minimum Gasteiger partial charge on any atom is -0.492 e. The molecular formula is C29H33N3O3. The number of amides is 2. The number of anilines is 1. The molecule has 0 bridgehead atoms. The minimum absolute atomic E-state index is 0.249. The van der Waals surface area contributed by atoms with Crippen molar-refractivity contribution in [3.8, 4) is 5.75 Å². The summed E-state index contributed by atoms with van der Waals surface area (Å²) in [6.45, 7) is 8.17. The van der Waals surface area contributed by atoms with Crippen molar-refractivity contribution >= 4 is 23.1 Å². The first-order valence-electron chi connectivity index (χ1n) is 11.7. The Balaban J connectivity index is 0.00000108. The second-order valence-electron chi connectivity index (χ2n) is 8.20. The number of benzene rings is 3. The van der Waals surface area contributed by atoms with E-state index in [1.54, 1.807) is 12.1 Å². The molecule has 0 fully saturated rings. The molecule has 4 rings (SSSR count). The van der Waals surface area contributed by atoms with E-state index in [-0.39, 0.29) is 11.8 Å². The fourth-order valence-corrected chi connectivity index (χ4v) is 3.85. The van der Waals surface area contributed by atoms with Crippen molar-refractivity contribution in [1.82, 2.24) is 10.2 Å². The molecule has 0 atom stereocenters. The molecule has 0 unspecified atom stereocenters. The molecule has 0 saturated heterocycles. The number of ether oxygens (including phenoxy) is 1. The van der Waals surface area contributed by atoms with Crippen LogP contribution in [0.3, 0.4) is 0 Å². The number of nitrogens with one attached hydrogen (secondary N) is 1. The SMILES string of the molecule is C=C(c1ccccc1)c1ccc(OCCN(CC)c2ccc3c(c2)C(=O)N(C)C3=O)cc1.CNC. The third-order valence-corrected chi connectivity index (χ3v) is 5.78. The number of hydrogen-bond donors (Lipinski definition) is 1. The van der Waals surface area contributed by atoms with Gasteiger partial charge in [-0.25, -0.2) is 0 Å². The maximum atomic E-state index is 12.3. The zero-order valence-corrected chi connectivity index (χ0v) is 20.9. The van der Waals surface area contributed by atoms with Crippen molar-refractivity contribution in [3.63, 3.8) is 0 Å². The van der Waals surface area contributed by atoms with E-state index < -0.39 is 0 Å². The van der Waals surface area contributed by atoms with Crippen LogP contribution in [0.2, 0.25) is 0 Å². The number of imide groups is 1. The number of rotatable bonds is 8. The van der Waals surface area contributed by atoms with Gasteiger partial charge in [0.2, 0.25) is 0 Å². The third-order valence-electron chi connectivity index (χ3n) is 5.78. The van der Waals surface area contributed by atoms with Crippen LogP contribution in [0.1, 0.15) is 38.8 Å². The first-order chi connectivity index (χ1) is 16.9. The van der Waals surface area contributed by atoms with Gasteiger partial charge in [0.1, 0.15) is 12.4 Å². The second-order valence-corrected chi connectivity index (χ2v) is 8.20. The number of likely N-dealkylation sites (N-methyl/N-ethyl adjacent to an activating group) is 1. The van der Waals surface area contributed by atoms with Crippen LogP contribution >= 0.6 is 0 Å². The molecule has 0 aromatic heterocycles. The Labute approximate surface area is 207 Å². The summed E-state index contributed by atoms with van der Waals surface area (Å²) < 4.78 is 5.95. The standard InChI is InChI=1S/C27H26N2O3.C2H7N/c1-4-29(22-12-15-24-25(18-22)27(31)28(3)26(24)30)16-17-32-23-13-10-21(11-14-23)19(2)20-8-6-5-7-9-20;1-3-2/h5-15,18H,2,4,16-17H2,1,3H3;3H,1-2H3. The third kappa shape index (κ3) is 5.97. The molecule has 0 spiro atoms. The molecule has 6 nitrogen and oxygen atoms in total. The van der Waals surface area contributed by atoms with Crippen molar-refractivity contribution in [1.29, 1.82) is 0 Å². The predicted molar refractivity (Wildman–Crippen MR) is 142 cm³/mol. The van der Waals surface area contributed by atoms with E-state index in [0.29, 0.717) is 24.3 Å². The summed E-state index contributed by atoms with van der Waals surface area (Å²) in [7, 11) is 5.26. The van der Waals surface area contributed by atoms with Crippen LogP contribution < -0.4 is 15.0 Å². The summed E-state index contributed by atoms with van der Waals surface area (Å²) in [5.41, 5.74) is 4.96. The van der Waals surface area contributed by atoms with Gasteiger partial charge in [-0.2, -0.15) is 0 Å². The van der Waals surface area contributed by atoms with Gasteiger partial charge < -0.3 is 15.0 Å². The molecule has 6 heteroatoms. The largest absolute Gasteiger partial charge is 0.492 e. The van der Waals surface area contributed by atoms with Crippen LogP contribution in [0.25, 0.3) is 5.57 Å². The van der Waals surface area contributed by atoms with Gasteiger partial charge in [0, 0.05) is 19.3 Å². The zero-order chi connectivity index (χ0) is 25.4. The van der Waals surface area contributed by atoms with E-state index in [1.807, 2.05) is 74.8 Å². The fourth-order valence-electron chi connectivity index (χ4n) is 3.85. The Bertz CT molecular complexity index is 1170. The van der Waals surface area contributed by atoms with E-state index in [1.165, 1.54) is 7.05 Å². The van der Waals surface area contributed by atoms with Gasteiger partial charge in [-0.15, -0.1) is 0 Å². The molecule has 1 aliphatic rings. The van der Waals surface area contributed by atoms with Gasteiger partial charge in [-0.3, -0.25) is 14.5 Å². The summed E-state index contributed by atoms with van der Waals surface area (Å²) >= 11 is 0. The topological polar surface area (TPSA) is 61.9 Å². The highest BCUT2D eigenvalue weighted by Crippen LogP contribution is 2.27. The van der Waals surface area contributed by atoms with Crippen molar-refractivity contribution in [2.24, 2.45) is 0 Å². The molecule has 35 heavy (non-hydrogen) atoms. The molecule has 3 aromatic carbocycles. The van der Waals surface area contributed by atoms with E-state index in [4.69, 9.17) is 4.74 Å². The van der Waals surface area contributed by atoms with Crippen molar-refractivity contribution in [2.45, 2.75) is 6.92 Å². The Morgan fingerprint density at radius 2 is 1.51 bits per heavy atom. The summed E-state index contributed by atoms with van der Waals surface area (Å²) in [6.07, 6.45) is 0. The average Bonchev–Trinajstić information content (AvgIpc) is 3.11. The van der Waals surface area contributed by atoms with Crippen LogP contribution in [0.15, 0.2) is 79.4 Å². The van der Waals surface area contributed by atoms with Crippen LogP contribution in [-0.4, -0.2) is 57.6 Å². The second kappa shape index (κ2) is 12.0. The summed E-state index contributed by atoms with van der Waals surface area (Å²) in [6, 6.07) is 23.5. The number of nitrogens with zero attached hydrogens (tertiary/aromatic N) is 2. The predicted octanol–water partition coefficient (Wildman–Crippen LogP) is 4.71. The van der Waals surface area contributed by atoms with Gasteiger partial charge in [-0.1, -0.05) is 49.0 Å². The number of carbonyl (C=O) groups is 2. The smallest absolute Gasteiger partial charge is 0.261 e. The molecule has 3 aromatic rings. The lowest BCUT2D eigenvalue weighted by Crippen LogP contribution is -2.28. The van der Waals surface area contributed by atoms with E-state index in [2.05, 4.69) is 23.7 Å². The van der Waals surface area contributed by atoms with Crippen molar-refractivity contribution < 1.29 is 14.3 Å². The molecule has 1 N–H and O–H groups in total. The highest BCUT2D eigenvalue weighted by atomic mass is 16.5. The normalized spacial score (nSPS) is 12.1. The maximum absolute atomic E-state index is 12.3. The molecule has 1 aliphatic heterocycles. The molecule has 0 radical (unpaired) electrons. The van der Waals surface area contributed by atoms with E-state index in [0.717, 1.165) is 39.6 Å². The summed E-state index contributed by atoms with van der Waals surface area (Å²) in [5.74, 6) is 0.291. The molecule has 182 valence electrons. The lowest BCUT2D eigenvalue weighted by Gasteiger charge is -2.23. The molecule has 0 aliphatic carbocycles. The van der Waals surface area contributed by atoms with Crippen LogP contribution in [0.5, 0.6) is 5.75 Å². The fraction of sp³-hybridized carbons (Fsp3) is 0.241. The number of carbonyl (C=O) groups excluding carboxylic acids is 2. The summed E-state index contributed by atoms with van der Waals surface area (Å²) in [4.78, 5) is 27.7. The molecule has 0 saturated carbocycles. The highest BCUT2D eigenvalue weighted by molar-refractivity contribution is 6.21. The van der Waals surface area contributed by atoms with Crippen LogP contribution in [0.4, 0.5) is 5.69 Å². The zero-order valence-electron chi connectivity index (χ0n) is 20.9. The van der Waals surface area contributed by atoms with Gasteiger partial charge in [0.15, 0.2) is 0 Å². The summed E-state index contributed by atoms with van der Waals surface area (Å²) in [5, 5.41) is 2.75. The monoisotopic (exact) mass is 471 g/mol. The lowest BCUT2D eigenvalue weighted by atomic mass is 10.00. The Morgan fingerprint density at radius 1 is 0.914 bits per heavy atom. The van der Waals surface area contributed by atoms with Crippen LogP contribution in [-0.2, 0) is 0 Å². The van der Waals surface area contributed by atoms with Crippen molar-refractivity contribution in [2.75, 3.05) is 45.7 Å². The Kier molecular flexibility index (Phi) is 8.81. The maximum Gasteiger partial charge on any atom is 0.261 e. The Hall–Kier alpha value is -3.90. The van der Waals surface area contributed by atoms with Gasteiger partial charge in [0.05, 0.1) is 17.7 Å². The van der Waals surface area contributed by atoms with E-state index in [9.17, 15) is 9.59 Å². The average molecular weight is 472 g/mol. The highest BCUT2D eigenvalue weighted by Gasteiger charge is 2.33. The number of fused-ring (bicyclic) bond motifs is 1. The quantitative estimate of drug-likeness (QED) is 0.482. The number of hydrogen-bond acceptors (Lipinski definition) is 5. The lowest BCUT2D eigenvalue weighted by molar-refractivity contribution is 0.0693. The van der Waals surface area contributed by atoms with Gasteiger partial charge in [-0.05, 0) is 68.1 Å². The first-order valence-corrected chi connectivity index (χ1v) is 11.7. The van der Waals surface area contributed by atoms with Crippen molar-refractivity contribution in [3.05, 3.63) is 102 Å². The van der Waals surface area contributed by atoms with Crippen LogP contribution in [0, 0.1) is 0 Å². The molecular weight excluding hydrogens is 438 g/mol. The Morgan fingerprint density at radius 3 is 2.14 bits per heavy atom. The first kappa shape index (κ1) is 25.7. The minimum atomic E-state index is -0.253. The van der Waals surface area contributed by atoms with Gasteiger partial charge in [0.25, 0.3) is 11.8 Å². The molecule has 1 heterocycles. The molecule has 2 amide bonds. The van der Waals surface area contributed by atoms with Gasteiger partial charge >= 0.3 is 0 Å².